The number of carboxylic acids is 1. The van der Waals surface area contributed by atoms with Crippen LogP contribution in [0.25, 0.3) is 10.9 Å². The van der Waals surface area contributed by atoms with Crippen LogP contribution in [0.3, 0.4) is 0 Å². The summed E-state index contributed by atoms with van der Waals surface area (Å²) >= 11 is 0. The van der Waals surface area contributed by atoms with E-state index in [0.717, 1.165) is 16.5 Å². The third-order valence-corrected chi connectivity index (χ3v) is 2.08. The van der Waals surface area contributed by atoms with Crippen LogP contribution >= 0.6 is 0 Å². The molecule has 0 aliphatic rings. The molecule has 0 saturated heterocycles. The van der Waals surface area contributed by atoms with E-state index in [4.69, 9.17) is 5.11 Å². The summed E-state index contributed by atoms with van der Waals surface area (Å²) in [5, 5.41) is 9.62. The molecule has 0 saturated carbocycles. The van der Waals surface area contributed by atoms with Crippen molar-refractivity contribution < 1.29 is 9.90 Å². The second-order valence-electron chi connectivity index (χ2n) is 3.06. The molecule has 0 unspecified atom stereocenters. The molecule has 18 heavy (non-hydrogen) atoms. The van der Waals surface area contributed by atoms with Gasteiger partial charge < -0.3 is 5.11 Å². The highest BCUT2D eigenvalue weighted by molar-refractivity contribution is 5.85. The molecule has 1 aromatic heterocycles. The molecule has 1 heterocycles. The fraction of sp³-hybridized carbons (Fsp3) is 0.333. The minimum Gasteiger partial charge on any atom is -0.481 e. The van der Waals surface area contributed by atoms with E-state index in [0.29, 0.717) is 0 Å². The normalized spacial score (nSPS) is 8.67. The van der Waals surface area contributed by atoms with Gasteiger partial charge in [0.2, 0.25) is 0 Å². The first-order valence-electron chi connectivity index (χ1n) is 6.32. The second kappa shape index (κ2) is 9.16. The van der Waals surface area contributed by atoms with E-state index >= 15 is 0 Å². The van der Waals surface area contributed by atoms with E-state index in [1.165, 1.54) is 0 Å². The largest absolute Gasteiger partial charge is 0.481 e. The minimum absolute atomic E-state index is 0.0447. The van der Waals surface area contributed by atoms with Gasteiger partial charge in [-0.05, 0) is 17.7 Å². The second-order valence-corrected chi connectivity index (χ2v) is 3.06. The number of nitrogens with zero attached hydrogens (tertiary/aromatic N) is 1. The lowest BCUT2D eigenvalue weighted by Gasteiger charge is -2.02. The summed E-state index contributed by atoms with van der Waals surface area (Å²) in [5.74, 6) is -0.818. The first-order valence-corrected chi connectivity index (χ1v) is 6.32. The van der Waals surface area contributed by atoms with Crippen molar-refractivity contribution in [1.82, 2.24) is 4.98 Å². The van der Waals surface area contributed by atoms with Crippen molar-refractivity contribution in [1.29, 1.82) is 0 Å². The highest BCUT2D eigenvalue weighted by Gasteiger charge is 2.04. The van der Waals surface area contributed by atoms with Crippen molar-refractivity contribution in [2.24, 2.45) is 0 Å². The Hall–Kier alpha value is -1.90. The number of para-hydroxylation sites is 1. The highest BCUT2D eigenvalue weighted by Crippen LogP contribution is 2.16. The molecule has 0 bridgehead atoms. The third kappa shape index (κ3) is 4.53. The molecule has 1 aromatic carbocycles. The number of hydrogen-bond acceptors (Lipinski definition) is 2. The number of fused-ring (bicyclic) bond motifs is 1. The van der Waals surface area contributed by atoms with Crippen molar-refractivity contribution in [3.63, 3.8) is 0 Å². The van der Waals surface area contributed by atoms with Gasteiger partial charge in [-0.15, -0.1) is 0 Å². The first kappa shape index (κ1) is 16.1. The maximum absolute atomic E-state index is 10.6. The van der Waals surface area contributed by atoms with Crippen LogP contribution in [0.4, 0.5) is 0 Å². The maximum atomic E-state index is 10.6. The summed E-state index contributed by atoms with van der Waals surface area (Å²) in [7, 11) is 0. The Kier molecular flexibility index (Phi) is 8.20. The van der Waals surface area contributed by atoms with Crippen LogP contribution in [0.1, 0.15) is 33.3 Å². The fourth-order valence-corrected chi connectivity index (χ4v) is 1.47. The van der Waals surface area contributed by atoms with E-state index in [2.05, 4.69) is 4.98 Å². The van der Waals surface area contributed by atoms with Gasteiger partial charge >= 0.3 is 5.97 Å². The molecule has 0 aliphatic heterocycles. The molecule has 0 fully saturated rings. The Bertz CT molecular complexity index is 475. The molecule has 0 aliphatic carbocycles. The average molecular weight is 247 g/mol. The zero-order chi connectivity index (χ0) is 14.0. The number of hydrogen-bond donors (Lipinski definition) is 1. The number of aliphatic carboxylic acids is 1. The molecular weight excluding hydrogens is 226 g/mol. The van der Waals surface area contributed by atoms with Crippen molar-refractivity contribution in [2.75, 3.05) is 0 Å². The molecule has 3 nitrogen and oxygen atoms in total. The standard InChI is InChI=1S/C11H9NO2.2C2H6/c13-11(14)7-8-5-6-12-10-4-2-1-3-9(8)10;2*1-2/h1-6H,7H2,(H,13,14);2*1-2H3. The summed E-state index contributed by atoms with van der Waals surface area (Å²) in [5.41, 5.74) is 1.65. The molecular formula is C15H21NO2. The Morgan fingerprint density at radius 2 is 1.72 bits per heavy atom. The average Bonchev–Trinajstić information content (AvgIpc) is 2.43. The number of benzene rings is 1. The topological polar surface area (TPSA) is 50.2 Å². The lowest BCUT2D eigenvalue weighted by Crippen LogP contribution is -2.00. The summed E-state index contributed by atoms with van der Waals surface area (Å²) in [6.07, 6.45) is 1.68. The molecule has 0 atom stereocenters. The van der Waals surface area contributed by atoms with Gasteiger partial charge in [0.25, 0.3) is 0 Å². The monoisotopic (exact) mass is 247 g/mol. The first-order chi connectivity index (χ1) is 8.77. The minimum atomic E-state index is -0.818. The summed E-state index contributed by atoms with van der Waals surface area (Å²) in [6, 6.07) is 9.28. The Morgan fingerprint density at radius 1 is 1.11 bits per heavy atom. The van der Waals surface area contributed by atoms with E-state index in [9.17, 15) is 4.79 Å². The summed E-state index contributed by atoms with van der Waals surface area (Å²) in [4.78, 5) is 14.7. The molecule has 2 rings (SSSR count). The van der Waals surface area contributed by atoms with Gasteiger partial charge in [-0.3, -0.25) is 9.78 Å². The smallest absolute Gasteiger partial charge is 0.307 e. The quantitative estimate of drug-likeness (QED) is 0.875. The molecule has 98 valence electrons. The summed E-state index contributed by atoms with van der Waals surface area (Å²) < 4.78 is 0. The predicted octanol–water partition coefficient (Wildman–Crippen LogP) is 3.91. The maximum Gasteiger partial charge on any atom is 0.307 e. The van der Waals surface area contributed by atoms with Gasteiger partial charge in [0.1, 0.15) is 0 Å². The van der Waals surface area contributed by atoms with E-state index in [-0.39, 0.29) is 6.42 Å². The molecule has 3 heteroatoms. The number of pyridine rings is 1. The molecule has 0 radical (unpaired) electrons. The van der Waals surface area contributed by atoms with Gasteiger partial charge in [0, 0.05) is 11.6 Å². The van der Waals surface area contributed by atoms with Gasteiger partial charge in [-0.2, -0.15) is 0 Å². The van der Waals surface area contributed by atoms with Crippen molar-refractivity contribution in [2.45, 2.75) is 34.1 Å². The number of carbonyl (C=O) groups is 1. The van der Waals surface area contributed by atoms with Crippen LogP contribution in [-0.4, -0.2) is 16.1 Å². The van der Waals surface area contributed by atoms with Crippen LogP contribution in [0.2, 0.25) is 0 Å². The zero-order valence-corrected chi connectivity index (χ0v) is 11.5. The highest BCUT2D eigenvalue weighted by atomic mass is 16.4. The van der Waals surface area contributed by atoms with Crippen LogP contribution in [0.5, 0.6) is 0 Å². The van der Waals surface area contributed by atoms with E-state index < -0.39 is 5.97 Å². The molecule has 0 amide bonds. The van der Waals surface area contributed by atoms with Gasteiger partial charge in [-0.1, -0.05) is 45.9 Å². The van der Waals surface area contributed by atoms with Gasteiger partial charge in [-0.25, -0.2) is 0 Å². The van der Waals surface area contributed by atoms with Crippen molar-refractivity contribution in [3.8, 4) is 0 Å². The number of carboxylic acid groups (broad SMARTS) is 1. The SMILES string of the molecule is CC.CC.O=C(O)Cc1ccnc2ccccc12. The summed E-state index contributed by atoms with van der Waals surface area (Å²) in [6.45, 7) is 8.00. The van der Waals surface area contributed by atoms with Crippen LogP contribution in [0, 0.1) is 0 Å². The number of aromatic nitrogens is 1. The van der Waals surface area contributed by atoms with Crippen molar-refractivity contribution in [3.05, 3.63) is 42.1 Å². The Morgan fingerprint density at radius 3 is 2.33 bits per heavy atom. The predicted molar refractivity (Wildman–Crippen MR) is 75.8 cm³/mol. The van der Waals surface area contributed by atoms with Crippen LogP contribution < -0.4 is 0 Å². The van der Waals surface area contributed by atoms with Crippen LogP contribution in [-0.2, 0) is 11.2 Å². The van der Waals surface area contributed by atoms with Crippen LogP contribution in [0.15, 0.2) is 36.5 Å². The Balaban J connectivity index is 0.000000659. The van der Waals surface area contributed by atoms with Gasteiger partial charge in [0.15, 0.2) is 0 Å². The zero-order valence-electron chi connectivity index (χ0n) is 11.5. The third-order valence-electron chi connectivity index (χ3n) is 2.08. The van der Waals surface area contributed by atoms with Crippen molar-refractivity contribution >= 4 is 16.9 Å². The molecule has 1 N–H and O–H groups in total. The number of rotatable bonds is 2. The molecule has 2 aromatic rings. The van der Waals surface area contributed by atoms with Gasteiger partial charge in [0.05, 0.1) is 11.9 Å². The van der Waals surface area contributed by atoms with E-state index in [1.54, 1.807) is 12.3 Å². The van der Waals surface area contributed by atoms with E-state index in [1.807, 2.05) is 52.0 Å². The Labute approximate surface area is 108 Å². The fourth-order valence-electron chi connectivity index (χ4n) is 1.47. The molecule has 0 spiro atoms. The lowest BCUT2D eigenvalue weighted by molar-refractivity contribution is -0.136. The lowest BCUT2D eigenvalue weighted by atomic mass is 10.1.